The van der Waals surface area contributed by atoms with Gasteiger partial charge in [-0.25, -0.2) is 4.79 Å². The lowest BCUT2D eigenvalue weighted by Crippen LogP contribution is -2.45. The van der Waals surface area contributed by atoms with E-state index in [1.54, 1.807) is 5.57 Å². The molecule has 1 aromatic carbocycles. The molecule has 5 rings (SSSR count). The zero-order valence-corrected chi connectivity index (χ0v) is 23.5. The first-order valence-electron chi connectivity index (χ1n) is 14.6. The Kier molecular flexibility index (Phi) is 7.07. The van der Waals surface area contributed by atoms with Gasteiger partial charge < -0.3 is 9.84 Å². The summed E-state index contributed by atoms with van der Waals surface area (Å²) in [5.41, 5.74) is 3.72. The molecule has 2 saturated carbocycles. The second kappa shape index (κ2) is 9.88. The Morgan fingerprint density at radius 3 is 2.62 bits per heavy atom. The van der Waals surface area contributed by atoms with E-state index in [2.05, 4.69) is 39.0 Å². The summed E-state index contributed by atoms with van der Waals surface area (Å²) >= 11 is 0. The van der Waals surface area contributed by atoms with Crippen LogP contribution in [-0.4, -0.2) is 22.8 Å². The van der Waals surface area contributed by atoms with E-state index in [1.165, 1.54) is 37.7 Å². The summed E-state index contributed by atoms with van der Waals surface area (Å²) in [5.74, 6) is 2.45. The zero-order chi connectivity index (χ0) is 26.4. The number of aliphatic hydroxyl groups excluding tert-OH is 1. The summed E-state index contributed by atoms with van der Waals surface area (Å²) in [6, 6.07) is 9.31. The van der Waals surface area contributed by atoms with Gasteiger partial charge in [0.05, 0.1) is 11.7 Å². The van der Waals surface area contributed by atoms with Crippen molar-refractivity contribution >= 4 is 5.97 Å². The fourth-order valence-electron chi connectivity index (χ4n) is 8.55. The molecule has 0 radical (unpaired) electrons. The van der Waals surface area contributed by atoms with Gasteiger partial charge in [0.2, 0.25) is 0 Å². The van der Waals surface area contributed by atoms with Gasteiger partial charge in [-0.3, -0.25) is 0 Å². The van der Waals surface area contributed by atoms with E-state index < -0.39 is 5.60 Å². The molecule has 200 valence electrons. The molecule has 7 atom stereocenters. The van der Waals surface area contributed by atoms with Gasteiger partial charge in [-0.1, -0.05) is 80.8 Å². The van der Waals surface area contributed by atoms with Crippen molar-refractivity contribution in [3.63, 3.8) is 0 Å². The van der Waals surface area contributed by atoms with Gasteiger partial charge >= 0.3 is 5.97 Å². The lowest BCUT2D eigenvalue weighted by molar-refractivity contribution is -0.00674. The van der Waals surface area contributed by atoms with Gasteiger partial charge in [0.1, 0.15) is 5.60 Å². The molecule has 0 bridgehead atoms. The van der Waals surface area contributed by atoms with Crippen LogP contribution in [0.3, 0.4) is 0 Å². The summed E-state index contributed by atoms with van der Waals surface area (Å²) < 4.78 is 5.88. The van der Waals surface area contributed by atoms with Gasteiger partial charge in [0.15, 0.2) is 0 Å². The average molecular weight is 503 g/mol. The molecular formula is C34H46O3. The molecule has 0 saturated heterocycles. The fraction of sp³-hybridized carbons (Fsp3) is 0.618. The summed E-state index contributed by atoms with van der Waals surface area (Å²) in [5, 5.41) is 10.2. The molecule has 0 aliphatic heterocycles. The molecular weight excluding hydrogens is 456 g/mol. The van der Waals surface area contributed by atoms with Gasteiger partial charge in [-0.15, -0.1) is 0 Å². The number of hydrogen-bond acceptors (Lipinski definition) is 3. The van der Waals surface area contributed by atoms with Crippen LogP contribution < -0.4 is 0 Å². The van der Waals surface area contributed by atoms with Crippen LogP contribution in [0.5, 0.6) is 0 Å². The van der Waals surface area contributed by atoms with E-state index in [4.69, 9.17) is 4.74 Å². The van der Waals surface area contributed by atoms with Gasteiger partial charge in [0, 0.05) is 5.41 Å². The first-order valence-corrected chi connectivity index (χ1v) is 14.6. The highest BCUT2D eigenvalue weighted by molar-refractivity contribution is 5.89. The highest BCUT2D eigenvalue weighted by Crippen LogP contribution is 2.65. The van der Waals surface area contributed by atoms with E-state index in [-0.39, 0.29) is 17.5 Å². The van der Waals surface area contributed by atoms with Crippen molar-refractivity contribution in [3.05, 3.63) is 71.3 Å². The Hall–Kier alpha value is -2.13. The maximum Gasteiger partial charge on any atom is 0.338 e. The first kappa shape index (κ1) is 26.5. The summed E-state index contributed by atoms with van der Waals surface area (Å²) in [6.07, 6.45) is 17.9. The van der Waals surface area contributed by atoms with E-state index in [0.29, 0.717) is 28.7 Å². The standard InChI is InChI=1S/C34H46O3/c1-23(10-9-19-32(2,3)37-31(36)24-11-7-6-8-12-24)28-15-16-29-27-14-13-25-22-26(35)17-20-33(25,4)30(27)18-21-34(28,29)5/h6-8,11-14,17,20,23,26,28-30,35H,9-10,15-16,18-19,21-22H2,1-5H3/t23-,26+,28-,29+,30+,33+,34-/m1/s1. The number of hydrogen-bond donors (Lipinski definition) is 1. The van der Waals surface area contributed by atoms with E-state index in [1.807, 2.05) is 50.3 Å². The van der Waals surface area contributed by atoms with Gasteiger partial charge in [-0.2, -0.15) is 0 Å². The third kappa shape index (κ3) is 4.89. The van der Waals surface area contributed by atoms with Gasteiger partial charge in [0.25, 0.3) is 0 Å². The van der Waals surface area contributed by atoms with Crippen molar-refractivity contribution in [3.8, 4) is 0 Å². The van der Waals surface area contributed by atoms with Crippen LogP contribution in [0.1, 0.15) is 96.3 Å². The molecule has 3 nitrogen and oxygen atoms in total. The highest BCUT2D eigenvalue weighted by atomic mass is 16.6. The van der Waals surface area contributed by atoms with Crippen molar-refractivity contribution in [2.75, 3.05) is 0 Å². The van der Waals surface area contributed by atoms with Crippen molar-refractivity contribution in [2.24, 2.45) is 34.5 Å². The molecule has 0 unspecified atom stereocenters. The minimum atomic E-state index is -0.458. The highest BCUT2D eigenvalue weighted by Gasteiger charge is 2.56. The lowest BCUT2D eigenvalue weighted by Gasteiger charge is -2.53. The molecule has 37 heavy (non-hydrogen) atoms. The maximum atomic E-state index is 12.6. The van der Waals surface area contributed by atoms with Crippen molar-refractivity contribution < 1.29 is 14.6 Å². The minimum absolute atomic E-state index is 0.0805. The largest absolute Gasteiger partial charge is 0.456 e. The van der Waals surface area contributed by atoms with E-state index in [0.717, 1.165) is 25.2 Å². The Balaban J connectivity index is 1.20. The van der Waals surface area contributed by atoms with E-state index >= 15 is 0 Å². The van der Waals surface area contributed by atoms with Crippen LogP contribution in [0.4, 0.5) is 0 Å². The maximum absolute atomic E-state index is 12.6. The number of carbonyl (C=O) groups excluding carboxylic acids is 1. The summed E-state index contributed by atoms with van der Waals surface area (Å²) in [4.78, 5) is 12.6. The zero-order valence-electron chi connectivity index (χ0n) is 23.5. The Morgan fingerprint density at radius 2 is 1.86 bits per heavy atom. The topological polar surface area (TPSA) is 46.5 Å². The number of allylic oxidation sites excluding steroid dienone is 4. The third-order valence-corrected chi connectivity index (χ3v) is 10.7. The Bertz CT molecular complexity index is 1100. The third-order valence-electron chi connectivity index (χ3n) is 10.7. The van der Waals surface area contributed by atoms with Crippen LogP contribution in [0.15, 0.2) is 65.8 Å². The van der Waals surface area contributed by atoms with Crippen LogP contribution >= 0.6 is 0 Å². The molecule has 0 heterocycles. The number of carbonyl (C=O) groups is 1. The van der Waals surface area contributed by atoms with E-state index in [9.17, 15) is 9.90 Å². The minimum Gasteiger partial charge on any atom is -0.456 e. The van der Waals surface area contributed by atoms with Crippen LogP contribution in [0.2, 0.25) is 0 Å². The normalized spacial score (nSPS) is 35.5. The number of rotatable bonds is 7. The molecule has 1 aromatic rings. The summed E-state index contributed by atoms with van der Waals surface area (Å²) in [6.45, 7) is 11.5. The molecule has 0 aromatic heterocycles. The van der Waals surface area contributed by atoms with Crippen molar-refractivity contribution in [1.82, 2.24) is 0 Å². The van der Waals surface area contributed by atoms with Crippen molar-refractivity contribution in [1.29, 1.82) is 0 Å². The quantitative estimate of drug-likeness (QED) is 0.303. The molecule has 0 spiro atoms. The lowest BCUT2D eigenvalue weighted by atomic mass is 9.51. The first-order chi connectivity index (χ1) is 17.5. The van der Waals surface area contributed by atoms with Crippen molar-refractivity contribution in [2.45, 2.75) is 97.7 Å². The number of ether oxygens (including phenoxy) is 1. The van der Waals surface area contributed by atoms with Crippen LogP contribution in [0.25, 0.3) is 0 Å². The average Bonchev–Trinajstić information content (AvgIpc) is 3.22. The number of esters is 1. The van der Waals surface area contributed by atoms with Crippen LogP contribution in [-0.2, 0) is 4.74 Å². The predicted octanol–water partition coefficient (Wildman–Crippen LogP) is 8.06. The number of benzene rings is 1. The monoisotopic (exact) mass is 502 g/mol. The Labute approximate surface area is 224 Å². The predicted molar refractivity (Wildman–Crippen MR) is 150 cm³/mol. The molecule has 2 fully saturated rings. The SMILES string of the molecule is C[C@H](CCCC(C)(C)OC(=O)c1ccccc1)[C@H]1CC[C@H]2C3=CC=C4C[C@@H](O)C=C[C@]4(C)[C@H]3CC[C@]12C. The number of aliphatic hydroxyl groups is 1. The molecule has 4 aliphatic rings. The smallest absolute Gasteiger partial charge is 0.338 e. The molecule has 4 aliphatic carbocycles. The number of fused-ring (bicyclic) bond motifs is 5. The summed E-state index contributed by atoms with van der Waals surface area (Å²) in [7, 11) is 0. The molecule has 0 amide bonds. The molecule has 1 N–H and O–H groups in total. The fourth-order valence-corrected chi connectivity index (χ4v) is 8.55. The second-order valence-electron chi connectivity index (χ2n) is 13.5. The molecule has 3 heteroatoms. The Morgan fingerprint density at radius 1 is 1.11 bits per heavy atom. The van der Waals surface area contributed by atoms with Crippen LogP contribution in [0, 0.1) is 34.5 Å². The van der Waals surface area contributed by atoms with Gasteiger partial charge in [-0.05, 0) is 100 Å². The second-order valence-corrected chi connectivity index (χ2v) is 13.5.